The van der Waals surface area contributed by atoms with Gasteiger partial charge in [-0.15, -0.1) is 0 Å². The highest BCUT2D eigenvalue weighted by Crippen LogP contribution is 2.25. The molecule has 2 aromatic heterocycles. The van der Waals surface area contributed by atoms with Crippen LogP contribution in [0.3, 0.4) is 0 Å². The number of aromatic nitrogens is 3. The van der Waals surface area contributed by atoms with E-state index in [1.807, 2.05) is 40.7 Å². The molecule has 0 aliphatic rings. The van der Waals surface area contributed by atoms with E-state index in [-0.39, 0.29) is 23.3 Å². The van der Waals surface area contributed by atoms with Crippen molar-refractivity contribution in [2.45, 2.75) is 72.6 Å². The Bertz CT molecular complexity index is 1000. The molecule has 0 atom stereocenters. The molecule has 166 valence electrons. The van der Waals surface area contributed by atoms with Crippen LogP contribution in [0.15, 0.2) is 18.5 Å². The molecule has 2 aromatic rings. The third-order valence-electron chi connectivity index (χ3n) is 4.26. The van der Waals surface area contributed by atoms with Gasteiger partial charge < -0.3 is 9.64 Å². The molecule has 8 heteroatoms. The molecule has 0 bridgehead atoms. The molecule has 0 unspecified atom stereocenters. The quantitative estimate of drug-likeness (QED) is 0.421. The maximum Gasteiger partial charge on any atom is 0.410 e. The third kappa shape index (κ3) is 7.09. The van der Waals surface area contributed by atoms with Crippen LogP contribution in [0.5, 0.6) is 0 Å². The van der Waals surface area contributed by atoms with Crippen molar-refractivity contribution in [2.75, 3.05) is 0 Å². The van der Waals surface area contributed by atoms with Crippen molar-refractivity contribution >= 4 is 29.3 Å². The SMILES string of the molecule is CC(C)c1c(CN(C(=O)OC(C)(C)C)C(C)C)ccnc1C#Cc1nc(Cl)ncc1Cl. The van der Waals surface area contributed by atoms with Gasteiger partial charge in [-0.1, -0.05) is 25.4 Å². The van der Waals surface area contributed by atoms with Crippen LogP contribution in [-0.2, 0) is 11.3 Å². The number of pyridine rings is 1. The number of nitrogens with zero attached hydrogens (tertiary/aromatic N) is 4. The van der Waals surface area contributed by atoms with Crippen molar-refractivity contribution in [3.05, 3.63) is 51.3 Å². The van der Waals surface area contributed by atoms with Gasteiger partial charge in [0.2, 0.25) is 5.28 Å². The van der Waals surface area contributed by atoms with E-state index >= 15 is 0 Å². The van der Waals surface area contributed by atoms with Crippen molar-refractivity contribution in [3.8, 4) is 11.8 Å². The van der Waals surface area contributed by atoms with Crippen LogP contribution in [0.1, 0.15) is 76.9 Å². The number of carbonyl (C=O) groups excluding carboxylic acids is 1. The Kier molecular flexibility index (Phi) is 8.27. The van der Waals surface area contributed by atoms with Gasteiger partial charge in [-0.3, -0.25) is 0 Å². The first-order valence-electron chi connectivity index (χ1n) is 10.1. The van der Waals surface area contributed by atoms with Gasteiger partial charge in [0, 0.05) is 18.8 Å². The lowest BCUT2D eigenvalue weighted by molar-refractivity contribution is 0.0171. The van der Waals surface area contributed by atoms with Gasteiger partial charge in [-0.2, -0.15) is 0 Å². The average Bonchev–Trinajstić information content (AvgIpc) is 2.64. The zero-order valence-electron chi connectivity index (χ0n) is 19.0. The predicted molar refractivity (Wildman–Crippen MR) is 123 cm³/mol. The lowest BCUT2D eigenvalue weighted by Gasteiger charge is -2.31. The second kappa shape index (κ2) is 10.3. The first kappa shape index (κ1) is 24.9. The Morgan fingerprint density at radius 2 is 1.77 bits per heavy atom. The van der Waals surface area contributed by atoms with E-state index in [2.05, 4.69) is 40.6 Å². The number of hydrogen-bond donors (Lipinski definition) is 0. The zero-order valence-corrected chi connectivity index (χ0v) is 20.5. The summed E-state index contributed by atoms with van der Waals surface area (Å²) in [5.41, 5.74) is 2.28. The molecule has 0 saturated carbocycles. The standard InChI is InChI=1S/C23H28Cl2N4O2/c1-14(2)20-16(13-29(15(3)4)22(30)31-23(5,6)7)10-11-26-19(20)9-8-18-17(24)12-27-21(25)28-18/h10-12,14-15H,13H2,1-7H3. The molecule has 0 saturated heterocycles. The van der Waals surface area contributed by atoms with Crippen LogP contribution < -0.4 is 0 Å². The highest BCUT2D eigenvalue weighted by Gasteiger charge is 2.26. The number of ether oxygens (including phenoxy) is 1. The van der Waals surface area contributed by atoms with Crippen molar-refractivity contribution in [1.29, 1.82) is 0 Å². The number of hydrogen-bond acceptors (Lipinski definition) is 5. The topological polar surface area (TPSA) is 68.2 Å². The van der Waals surface area contributed by atoms with E-state index in [1.165, 1.54) is 6.20 Å². The lowest BCUT2D eigenvalue weighted by Crippen LogP contribution is -2.40. The minimum Gasteiger partial charge on any atom is -0.444 e. The Hall–Kier alpha value is -2.36. The van der Waals surface area contributed by atoms with Crippen LogP contribution in [0.2, 0.25) is 10.3 Å². The van der Waals surface area contributed by atoms with E-state index in [9.17, 15) is 4.79 Å². The number of carbonyl (C=O) groups is 1. The first-order chi connectivity index (χ1) is 14.4. The Balaban J connectivity index is 2.45. The summed E-state index contributed by atoms with van der Waals surface area (Å²) in [5, 5.41) is 0.388. The summed E-state index contributed by atoms with van der Waals surface area (Å²) in [5.74, 6) is 6.13. The molecule has 0 spiro atoms. The minimum absolute atomic E-state index is 0.0421. The van der Waals surface area contributed by atoms with E-state index in [0.717, 1.165) is 11.1 Å². The van der Waals surface area contributed by atoms with Gasteiger partial charge in [-0.25, -0.2) is 19.7 Å². The highest BCUT2D eigenvalue weighted by molar-refractivity contribution is 6.32. The van der Waals surface area contributed by atoms with Gasteiger partial charge in [0.1, 0.15) is 17.0 Å². The zero-order chi connectivity index (χ0) is 23.3. The summed E-state index contributed by atoms with van der Waals surface area (Å²) in [6.45, 7) is 14.0. The van der Waals surface area contributed by atoms with Crippen LogP contribution in [0.25, 0.3) is 0 Å². The van der Waals surface area contributed by atoms with Crippen molar-refractivity contribution in [2.24, 2.45) is 0 Å². The Morgan fingerprint density at radius 3 is 2.35 bits per heavy atom. The van der Waals surface area contributed by atoms with E-state index in [0.29, 0.717) is 23.0 Å². The summed E-state index contributed by atoms with van der Waals surface area (Å²) in [7, 11) is 0. The summed E-state index contributed by atoms with van der Waals surface area (Å²) < 4.78 is 5.60. The van der Waals surface area contributed by atoms with Gasteiger partial charge in [0.15, 0.2) is 0 Å². The van der Waals surface area contributed by atoms with Crippen LogP contribution in [-0.4, -0.2) is 37.6 Å². The summed E-state index contributed by atoms with van der Waals surface area (Å²) in [4.78, 5) is 26.8. The number of rotatable bonds is 4. The maximum atomic E-state index is 12.8. The van der Waals surface area contributed by atoms with Gasteiger partial charge >= 0.3 is 6.09 Å². The van der Waals surface area contributed by atoms with Crippen LogP contribution in [0, 0.1) is 11.8 Å². The molecular weight excluding hydrogens is 435 g/mol. The molecule has 0 N–H and O–H groups in total. The fourth-order valence-electron chi connectivity index (χ4n) is 2.91. The molecule has 0 aromatic carbocycles. The Labute approximate surface area is 194 Å². The van der Waals surface area contributed by atoms with Gasteiger partial charge in [-0.05, 0) is 81.2 Å². The molecule has 6 nitrogen and oxygen atoms in total. The highest BCUT2D eigenvalue weighted by atomic mass is 35.5. The fraction of sp³-hybridized carbons (Fsp3) is 0.478. The molecule has 0 aliphatic heterocycles. The van der Waals surface area contributed by atoms with Gasteiger partial charge in [0.25, 0.3) is 0 Å². The summed E-state index contributed by atoms with van der Waals surface area (Å²) in [6, 6.07) is 1.87. The van der Waals surface area contributed by atoms with Crippen molar-refractivity contribution < 1.29 is 9.53 Å². The third-order valence-corrected chi connectivity index (χ3v) is 4.72. The predicted octanol–water partition coefficient (Wildman–Crippen LogP) is 5.85. The minimum atomic E-state index is -0.571. The van der Waals surface area contributed by atoms with E-state index < -0.39 is 5.60 Å². The average molecular weight is 463 g/mol. The molecular formula is C23H28Cl2N4O2. The summed E-state index contributed by atoms with van der Waals surface area (Å²) >= 11 is 12.0. The molecule has 0 fully saturated rings. The molecule has 2 heterocycles. The van der Waals surface area contributed by atoms with Crippen molar-refractivity contribution in [3.63, 3.8) is 0 Å². The summed E-state index contributed by atoms with van der Waals surface area (Å²) in [6.07, 6.45) is 2.74. The second-order valence-corrected chi connectivity index (χ2v) is 9.42. The first-order valence-corrected chi connectivity index (χ1v) is 10.8. The fourth-order valence-corrected chi connectivity index (χ4v) is 3.18. The van der Waals surface area contributed by atoms with E-state index in [1.54, 1.807) is 11.1 Å². The van der Waals surface area contributed by atoms with Crippen molar-refractivity contribution in [1.82, 2.24) is 19.9 Å². The molecule has 1 amide bonds. The van der Waals surface area contributed by atoms with Crippen LogP contribution in [0.4, 0.5) is 4.79 Å². The largest absolute Gasteiger partial charge is 0.444 e. The van der Waals surface area contributed by atoms with Crippen LogP contribution >= 0.6 is 23.2 Å². The second-order valence-electron chi connectivity index (χ2n) is 8.67. The van der Waals surface area contributed by atoms with Gasteiger partial charge in [0.05, 0.1) is 11.2 Å². The number of halogens is 2. The van der Waals surface area contributed by atoms with E-state index in [4.69, 9.17) is 27.9 Å². The Morgan fingerprint density at radius 1 is 1.13 bits per heavy atom. The number of amides is 1. The molecule has 0 aliphatic carbocycles. The normalized spacial score (nSPS) is 11.3. The monoisotopic (exact) mass is 462 g/mol. The molecule has 2 rings (SSSR count). The lowest BCUT2D eigenvalue weighted by atomic mass is 9.95. The molecule has 0 radical (unpaired) electrons. The molecule has 31 heavy (non-hydrogen) atoms. The maximum absolute atomic E-state index is 12.8. The smallest absolute Gasteiger partial charge is 0.410 e.